The van der Waals surface area contributed by atoms with Crippen LogP contribution in [-0.4, -0.2) is 42.1 Å². The number of hydrogen-bond donors (Lipinski definition) is 2. The van der Waals surface area contributed by atoms with Gasteiger partial charge in [-0.1, -0.05) is 80.6 Å². The number of carbonyl (C=O) groups excluding carboxylic acids is 3. The zero-order chi connectivity index (χ0) is 32.5. The zero-order valence-electron chi connectivity index (χ0n) is 26.8. The molecule has 0 aromatic heterocycles. The second-order valence-corrected chi connectivity index (χ2v) is 14.8. The van der Waals surface area contributed by atoms with E-state index in [0.29, 0.717) is 17.0 Å². The maximum atomic E-state index is 14.7. The minimum atomic E-state index is -3.69. The number of benzene rings is 3. The van der Waals surface area contributed by atoms with Crippen molar-refractivity contribution in [1.29, 1.82) is 0 Å². The van der Waals surface area contributed by atoms with Crippen molar-refractivity contribution in [3.05, 3.63) is 95.6 Å². The molecule has 236 valence electrons. The monoisotopic (exact) mass is 620 g/mol. The smallest absolute Gasteiger partial charge is 0.408 e. The first kappa shape index (κ1) is 34.7. The van der Waals surface area contributed by atoms with Gasteiger partial charge < -0.3 is 19.9 Å². The number of rotatable bonds is 13. The van der Waals surface area contributed by atoms with Gasteiger partial charge in [0, 0.05) is 10.6 Å². The van der Waals surface area contributed by atoms with E-state index in [1.54, 1.807) is 45.0 Å². The maximum Gasteiger partial charge on any atom is 0.408 e. The number of hydrogen-bond acceptors (Lipinski definition) is 6. The predicted molar refractivity (Wildman–Crippen MR) is 175 cm³/mol. The highest BCUT2D eigenvalue weighted by atomic mass is 31.2. The third-order valence-corrected chi connectivity index (χ3v) is 9.72. The van der Waals surface area contributed by atoms with Crippen LogP contribution in [0.25, 0.3) is 0 Å². The van der Waals surface area contributed by atoms with E-state index in [0.717, 1.165) is 16.7 Å². The summed E-state index contributed by atoms with van der Waals surface area (Å²) < 4.78 is 26.2. The molecule has 2 atom stereocenters. The minimum absolute atomic E-state index is 0.0707. The van der Waals surface area contributed by atoms with Gasteiger partial charge in [0.15, 0.2) is 5.78 Å². The zero-order valence-corrected chi connectivity index (χ0v) is 27.7. The Morgan fingerprint density at radius 3 is 1.80 bits per heavy atom. The van der Waals surface area contributed by atoms with Crippen LogP contribution in [0.3, 0.4) is 0 Å². The summed E-state index contributed by atoms with van der Waals surface area (Å²) in [5.41, 5.74) is 1.65. The second-order valence-electron chi connectivity index (χ2n) is 12.4. The number of ether oxygens (including phenoxy) is 1. The average molecular weight is 621 g/mol. The lowest BCUT2D eigenvalue weighted by Gasteiger charge is -2.27. The standard InChI is InChI=1S/C35H45N2O6P/c1-24(2)21-29(37-34(40)43-35(5,6)7)33(39)36-28(22-27-17-9-8-10-18-27)30(38)23-42-44(41,31-19-13-11-15-25(31)3)32-20-14-12-16-26(32)4/h8-20,24,28-29H,21-23H2,1-7H3,(H,36,39)(H,37,40)/t28?,29-/m0/s1. The van der Waals surface area contributed by atoms with Gasteiger partial charge in [-0.3, -0.25) is 14.2 Å². The largest absolute Gasteiger partial charge is 0.444 e. The van der Waals surface area contributed by atoms with E-state index in [1.165, 1.54) is 0 Å². The van der Waals surface area contributed by atoms with Crippen LogP contribution >= 0.6 is 7.37 Å². The molecule has 0 radical (unpaired) electrons. The molecule has 2 amide bonds. The van der Waals surface area contributed by atoms with Gasteiger partial charge in [0.25, 0.3) is 7.37 Å². The van der Waals surface area contributed by atoms with Crippen molar-refractivity contribution in [2.75, 3.05) is 6.61 Å². The van der Waals surface area contributed by atoms with E-state index < -0.39 is 49.4 Å². The molecular formula is C35H45N2O6P. The molecule has 1 unspecified atom stereocenters. The summed E-state index contributed by atoms with van der Waals surface area (Å²) in [6, 6.07) is 21.9. The van der Waals surface area contributed by atoms with Crippen molar-refractivity contribution in [2.24, 2.45) is 5.92 Å². The van der Waals surface area contributed by atoms with Crippen LogP contribution in [0.4, 0.5) is 4.79 Å². The number of amides is 2. The molecule has 0 saturated carbocycles. The highest BCUT2D eigenvalue weighted by Crippen LogP contribution is 2.46. The normalized spacial score (nSPS) is 13.2. The average Bonchev–Trinajstić information content (AvgIpc) is 2.95. The number of ketones is 1. The van der Waals surface area contributed by atoms with Crippen LogP contribution in [0.15, 0.2) is 78.9 Å². The quantitative estimate of drug-likeness (QED) is 0.234. The molecule has 2 N–H and O–H groups in total. The Hall–Kier alpha value is -3.74. The van der Waals surface area contributed by atoms with E-state index in [2.05, 4.69) is 10.6 Å². The molecule has 0 aliphatic rings. The van der Waals surface area contributed by atoms with Crippen LogP contribution < -0.4 is 21.2 Å². The Balaban J connectivity index is 1.90. The van der Waals surface area contributed by atoms with Crippen LogP contribution in [-0.2, 0) is 29.8 Å². The van der Waals surface area contributed by atoms with Crippen molar-refractivity contribution in [3.63, 3.8) is 0 Å². The van der Waals surface area contributed by atoms with E-state index in [9.17, 15) is 18.9 Å². The highest BCUT2D eigenvalue weighted by molar-refractivity contribution is 7.74. The van der Waals surface area contributed by atoms with Crippen molar-refractivity contribution < 1.29 is 28.2 Å². The van der Waals surface area contributed by atoms with Gasteiger partial charge >= 0.3 is 6.09 Å². The Labute approximate surface area is 261 Å². The van der Waals surface area contributed by atoms with Crippen LogP contribution in [0.1, 0.15) is 57.7 Å². The number of nitrogens with one attached hydrogen (secondary N) is 2. The van der Waals surface area contributed by atoms with Gasteiger partial charge in [-0.25, -0.2) is 4.79 Å². The van der Waals surface area contributed by atoms with Gasteiger partial charge in [0.2, 0.25) is 5.91 Å². The summed E-state index contributed by atoms with van der Waals surface area (Å²) in [6.07, 6.45) is -0.192. The van der Waals surface area contributed by atoms with Crippen molar-refractivity contribution in [1.82, 2.24) is 10.6 Å². The highest BCUT2D eigenvalue weighted by Gasteiger charge is 2.35. The molecule has 0 fully saturated rings. The SMILES string of the molecule is Cc1ccccc1P(=O)(OCC(=O)C(Cc1ccccc1)NC(=O)[C@H](CC(C)C)NC(=O)OC(C)(C)C)c1ccccc1C. The molecule has 0 aliphatic heterocycles. The van der Waals surface area contributed by atoms with Crippen LogP contribution in [0, 0.1) is 19.8 Å². The first-order valence-electron chi connectivity index (χ1n) is 14.9. The topological polar surface area (TPSA) is 111 Å². The number of carbonyl (C=O) groups is 3. The molecule has 0 aliphatic carbocycles. The van der Waals surface area contributed by atoms with Crippen LogP contribution in [0.2, 0.25) is 0 Å². The molecule has 3 aromatic rings. The van der Waals surface area contributed by atoms with Crippen molar-refractivity contribution in [2.45, 2.75) is 79.0 Å². The molecule has 9 heteroatoms. The third-order valence-electron chi connectivity index (χ3n) is 6.96. The lowest BCUT2D eigenvalue weighted by atomic mass is 10.00. The molecule has 3 aromatic carbocycles. The summed E-state index contributed by atoms with van der Waals surface area (Å²) in [4.78, 5) is 40.0. The lowest BCUT2D eigenvalue weighted by Crippen LogP contribution is -2.53. The molecule has 0 heterocycles. The van der Waals surface area contributed by atoms with Gasteiger partial charge in [-0.15, -0.1) is 0 Å². The van der Waals surface area contributed by atoms with E-state index in [4.69, 9.17) is 9.26 Å². The minimum Gasteiger partial charge on any atom is -0.444 e. The van der Waals surface area contributed by atoms with Crippen molar-refractivity contribution in [3.8, 4) is 0 Å². The van der Waals surface area contributed by atoms with Gasteiger partial charge in [-0.05, 0) is 82.2 Å². The first-order chi connectivity index (χ1) is 20.7. The molecular weight excluding hydrogens is 575 g/mol. The Bertz CT molecular complexity index is 1430. The molecule has 0 bridgehead atoms. The van der Waals surface area contributed by atoms with Gasteiger partial charge in [0.05, 0.1) is 6.04 Å². The summed E-state index contributed by atoms with van der Waals surface area (Å²) in [5, 5.41) is 6.55. The summed E-state index contributed by atoms with van der Waals surface area (Å²) >= 11 is 0. The molecule has 3 rings (SSSR count). The second kappa shape index (κ2) is 15.3. The first-order valence-corrected chi connectivity index (χ1v) is 16.6. The fourth-order valence-electron chi connectivity index (χ4n) is 4.83. The summed E-state index contributed by atoms with van der Waals surface area (Å²) in [6.45, 7) is 12.3. The van der Waals surface area contributed by atoms with E-state index in [1.807, 2.05) is 82.3 Å². The number of aryl methyl sites for hydroxylation is 2. The third kappa shape index (κ3) is 9.90. The fraction of sp³-hybridized carbons (Fsp3) is 0.400. The van der Waals surface area contributed by atoms with Gasteiger partial charge in [-0.2, -0.15) is 0 Å². The molecule has 8 nitrogen and oxygen atoms in total. The Morgan fingerprint density at radius 1 is 0.773 bits per heavy atom. The molecule has 44 heavy (non-hydrogen) atoms. The maximum absolute atomic E-state index is 14.7. The number of alkyl carbamates (subject to hydrolysis) is 1. The van der Waals surface area contributed by atoms with Crippen molar-refractivity contribution >= 4 is 35.8 Å². The summed E-state index contributed by atoms with van der Waals surface area (Å²) in [7, 11) is -3.69. The molecule has 0 spiro atoms. The Kier molecular flexibility index (Phi) is 12.1. The fourth-order valence-corrected chi connectivity index (χ4v) is 7.32. The predicted octanol–water partition coefficient (Wildman–Crippen LogP) is 5.78. The number of Topliss-reactive ketones (excluding diaryl/α,β-unsaturated/α-hetero) is 1. The Morgan fingerprint density at radius 2 is 1.30 bits per heavy atom. The van der Waals surface area contributed by atoms with E-state index in [-0.39, 0.29) is 12.3 Å². The lowest BCUT2D eigenvalue weighted by molar-refractivity contribution is -0.130. The van der Waals surface area contributed by atoms with E-state index >= 15 is 0 Å². The van der Waals surface area contributed by atoms with Crippen LogP contribution in [0.5, 0.6) is 0 Å². The molecule has 0 saturated heterocycles. The van der Waals surface area contributed by atoms with Gasteiger partial charge in [0.1, 0.15) is 18.2 Å². The summed E-state index contributed by atoms with van der Waals surface area (Å²) in [5.74, 6) is -0.883.